The second kappa shape index (κ2) is 10.3. The number of rotatable bonds is 10. The fraction of sp³-hybridized carbons (Fsp3) is 0.364. The van der Waals surface area contributed by atoms with Crippen LogP contribution in [0, 0.1) is 0 Å². The number of hydrogen-bond acceptors (Lipinski definition) is 6. The van der Waals surface area contributed by atoms with Crippen molar-refractivity contribution in [1.29, 1.82) is 0 Å². The van der Waals surface area contributed by atoms with Gasteiger partial charge in [-0.05, 0) is 44.0 Å². The smallest absolute Gasteiger partial charge is 0.323 e. The summed E-state index contributed by atoms with van der Waals surface area (Å²) in [5, 5.41) is 13.6. The molecule has 1 heterocycles. The average molecular weight is 477 g/mol. The number of hydrogen-bond donors (Lipinski definition) is 4. The lowest BCUT2D eigenvalue weighted by molar-refractivity contribution is -0.138. The molecular weight excluding hydrogens is 448 g/mol. The molecule has 1 amide bonds. The van der Waals surface area contributed by atoms with Gasteiger partial charge in [-0.1, -0.05) is 34.8 Å². The minimum Gasteiger partial charge on any atom is -0.389 e. The number of aliphatic hydroxyl groups excluding tert-OH is 1. The van der Waals surface area contributed by atoms with Crippen LogP contribution in [-0.2, 0) is 26.1 Å². The van der Waals surface area contributed by atoms with E-state index in [0.29, 0.717) is 17.5 Å². The van der Waals surface area contributed by atoms with Crippen LogP contribution in [0.5, 0.6) is 0 Å². The SMILES string of the molecule is CC(=O)N[C@@H](Cc1ccccc1)[C@H](O)CN(OC(C)C)S(=O)(=O)c1ccc2[nH]c(=O)[nH]c2c1. The first kappa shape index (κ1) is 24.6. The zero-order valence-electron chi connectivity index (χ0n) is 18.6. The van der Waals surface area contributed by atoms with Crippen LogP contribution in [0.1, 0.15) is 26.3 Å². The van der Waals surface area contributed by atoms with Gasteiger partial charge in [0.15, 0.2) is 0 Å². The Morgan fingerprint density at radius 2 is 1.79 bits per heavy atom. The molecule has 0 spiro atoms. The van der Waals surface area contributed by atoms with E-state index >= 15 is 0 Å². The zero-order valence-corrected chi connectivity index (χ0v) is 19.4. The van der Waals surface area contributed by atoms with Crippen molar-refractivity contribution in [1.82, 2.24) is 19.8 Å². The minimum absolute atomic E-state index is 0.114. The molecule has 0 aliphatic carbocycles. The third kappa shape index (κ3) is 6.29. The molecule has 0 aliphatic rings. The van der Waals surface area contributed by atoms with E-state index in [1.54, 1.807) is 13.8 Å². The summed E-state index contributed by atoms with van der Waals surface area (Å²) in [7, 11) is -4.21. The highest BCUT2D eigenvalue weighted by Gasteiger charge is 2.32. The fourth-order valence-corrected chi connectivity index (χ4v) is 4.79. The number of sulfonamides is 1. The Morgan fingerprint density at radius 3 is 2.42 bits per heavy atom. The second-order valence-corrected chi connectivity index (χ2v) is 9.82. The largest absolute Gasteiger partial charge is 0.389 e. The van der Waals surface area contributed by atoms with E-state index in [1.165, 1.54) is 25.1 Å². The first-order valence-corrected chi connectivity index (χ1v) is 11.9. The van der Waals surface area contributed by atoms with Crippen LogP contribution in [0.25, 0.3) is 11.0 Å². The Kier molecular flexibility index (Phi) is 7.69. The van der Waals surface area contributed by atoms with Crippen molar-refractivity contribution in [2.45, 2.75) is 50.3 Å². The van der Waals surface area contributed by atoms with Gasteiger partial charge < -0.3 is 20.4 Å². The Labute approximate surface area is 191 Å². The molecule has 0 saturated carbocycles. The molecule has 0 aliphatic heterocycles. The third-order valence-electron chi connectivity index (χ3n) is 4.87. The molecule has 0 radical (unpaired) electrons. The molecule has 11 heteroatoms. The van der Waals surface area contributed by atoms with E-state index in [0.717, 1.165) is 10.0 Å². The summed E-state index contributed by atoms with van der Waals surface area (Å²) in [4.78, 5) is 33.8. The maximum Gasteiger partial charge on any atom is 0.323 e. The minimum atomic E-state index is -4.21. The van der Waals surface area contributed by atoms with Crippen molar-refractivity contribution < 1.29 is 23.2 Å². The Hall–Kier alpha value is -2.99. The molecule has 0 saturated heterocycles. The van der Waals surface area contributed by atoms with Gasteiger partial charge in [-0.25, -0.2) is 13.2 Å². The van der Waals surface area contributed by atoms with Crippen LogP contribution >= 0.6 is 0 Å². The molecule has 10 nitrogen and oxygen atoms in total. The molecule has 0 unspecified atom stereocenters. The van der Waals surface area contributed by atoms with Gasteiger partial charge >= 0.3 is 5.69 Å². The van der Waals surface area contributed by atoms with Crippen LogP contribution in [0.15, 0.2) is 58.2 Å². The van der Waals surface area contributed by atoms with Crippen LogP contribution in [-0.4, -0.2) is 58.7 Å². The first-order valence-electron chi connectivity index (χ1n) is 10.5. The average Bonchev–Trinajstić information content (AvgIpc) is 3.12. The maximum atomic E-state index is 13.4. The van der Waals surface area contributed by atoms with Crippen LogP contribution < -0.4 is 11.0 Å². The highest BCUT2D eigenvalue weighted by molar-refractivity contribution is 7.89. The molecule has 2 atom stereocenters. The number of amides is 1. The Balaban J connectivity index is 1.89. The van der Waals surface area contributed by atoms with E-state index < -0.39 is 40.5 Å². The number of H-pyrrole nitrogens is 2. The highest BCUT2D eigenvalue weighted by Crippen LogP contribution is 2.21. The number of aromatic nitrogens is 2. The number of hydroxylamine groups is 1. The van der Waals surface area contributed by atoms with E-state index in [1.807, 2.05) is 30.3 Å². The Morgan fingerprint density at radius 1 is 1.12 bits per heavy atom. The van der Waals surface area contributed by atoms with Gasteiger partial charge in [-0.2, -0.15) is 0 Å². The van der Waals surface area contributed by atoms with E-state index in [4.69, 9.17) is 4.84 Å². The maximum absolute atomic E-state index is 13.4. The zero-order chi connectivity index (χ0) is 24.2. The number of nitrogens with zero attached hydrogens (tertiary/aromatic N) is 1. The van der Waals surface area contributed by atoms with E-state index in [-0.39, 0.29) is 10.8 Å². The van der Waals surface area contributed by atoms with Crippen LogP contribution in [0.3, 0.4) is 0 Å². The van der Waals surface area contributed by atoms with Gasteiger partial charge in [0.1, 0.15) is 0 Å². The highest BCUT2D eigenvalue weighted by atomic mass is 32.2. The van der Waals surface area contributed by atoms with Crippen molar-refractivity contribution in [3.63, 3.8) is 0 Å². The number of fused-ring (bicyclic) bond motifs is 1. The second-order valence-electron chi connectivity index (χ2n) is 8.00. The Bertz CT molecular complexity index is 1250. The molecule has 178 valence electrons. The molecule has 2 aromatic carbocycles. The third-order valence-corrected chi connectivity index (χ3v) is 6.49. The number of benzene rings is 2. The standard InChI is InChI=1S/C22H28N4O6S/c1-14(2)32-26(33(30,31)17-9-10-18-19(12-17)25-22(29)24-18)13-21(28)20(23-15(3)27)11-16-7-5-4-6-8-16/h4-10,12,14,20-21,28H,11,13H2,1-3H3,(H,23,27)(H2,24,25,29)/t20-,21+/m0/s1. The van der Waals surface area contributed by atoms with Gasteiger partial charge in [0.25, 0.3) is 10.0 Å². The molecular formula is C22H28N4O6S. The molecule has 1 aromatic heterocycles. The predicted molar refractivity (Wildman–Crippen MR) is 123 cm³/mol. The van der Waals surface area contributed by atoms with Gasteiger partial charge in [0, 0.05) is 6.92 Å². The number of carbonyl (C=O) groups is 1. The number of carbonyl (C=O) groups excluding carboxylic acids is 1. The van der Waals surface area contributed by atoms with Crippen molar-refractivity contribution >= 4 is 27.0 Å². The summed E-state index contributed by atoms with van der Waals surface area (Å²) in [6.45, 7) is 4.24. The normalized spacial score (nSPS) is 14.0. The summed E-state index contributed by atoms with van der Waals surface area (Å²) in [5.74, 6) is -0.351. The monoisotopic (exact) mass is 476 g/mol. The summed E-state index contributed by atoms with van der Waals surface area (Å²) in [6.07, 6.45) is -1.47. The molecule has 0 fully saturated rings. The van der Waals surface area contributed by atoms with Gasteiger partial charge in [0.05, 0.1) is 40.7 Å². The van der Waals surface area contributed by atoms with Crippen molar-refractivity contribution in [3.8, 4) is 0 Å². The lowest BCUT2D eigenvalue weighted by Crippen LogP contribution is -2.50. The summed E-state index contributed by atoms with van der Waals surface area (Å²) < 4.78 is 27.4. The van der Waals surface area contributed by atoms with Gasteiger partial charge in [0.2, 0.25) is 5.91 Å². The van der Waals surface area contributed by atoms with Crippen molar-refractivity contribution in [2.75, 3.05) is 6.54 Å². The van der Waals surface area contributed by atoms with Gasteiger partial charge in [-0.15, -0.1) is 0 Å². The summed E-state index contributed by atoms with van der Waals surface area (Å²) in [6, 6.07) is 12.6. The molecule has 4 N–H and O–H groups in total. The molecule has 3 aromatic rings. The van der Waals surface area contributed by atoms with Crippen molar-refractivity contribution in [2.24, 2.45) is 0 Å². The quantitative estimate of drug-likeness (QED) is 0.325. The first-order chi connectivity index (χ1) is 15.6. The summed E-state index contributed by atoms with van der Waals surface area (Å²) >= 11 is 0. The number of aromatic amines is 2. The molecule has 3 rings (SSSR count). The number of imidazole rings is 1. The topological polar surface area (TPSA) is 145 Å². The van der Waals surface area contributed by atoms with Crippen LogP contribution in [0.4, 0.5) is 0 Å². The molecule has 33 heavy (non-hydrogen) atoms. The van der Waals surface area contributed by atoms with E-state index in [9.17, 15) is 23.1 Å². The predicted octanol–water partition coefficient (Wildman–Crippen LogP) is 1.30. The van der Waals surface area contributed by atoms with Gasteiger partial charge in [-0.3, -0.25) is 9.63 Å². The number of nitrogens with one attached hydrogen (secondary N) is 3. The van der Waals surface area contributed by atoms with E-state index in [2.05, 4.69) is 15.3 Å². The molecule has 0 bridgehead atoms. The van der Waals surface area contributed by atoms with Crippen molar-refractivity contribution in [3.05, 3.63) is 64.6 Å². The lowest BCUT2D eigenvalue weighted by Gasteiger charge is -2.30. The van der Waals surface area contributed by atoms with Crippen LogP contribution in [0.2, 0.25) is 0 Å². The lowest BCUT2D eigenvalue weighted by atomic mass is 10.0. The number of aliphatic hydroxyl groups is 1. The fourth-order valence-electron chi connectivity index (χ4n) is 3.41. The summed E-state index contributed by atoms with van der Waals surface area (Å²) in [5.41, 5.74) is 1.20.